The fourth-order valence-corrected chi connectivity index (χ4v) is 0.665. The van der Waals surface area contributed by atoms with Crippen molar-refractivity contribution in [2.45, 2.75) is 39.1 Å². The van der Waals surface area contributed by atoms with Crippen LogP contribution in [0.5, 0.6) is 0 Å². The summed E-state index contributed by atoms with van der Waals surface area (Å²) in [4.78, 5) is 28.4. The van der Waals surface area contributed by atoms with E-state index < -0.39 is 46.6 Å². The third-order valence-electron chi connectivity index (χ3n) is 1.28. The number of carbonyl (C=O) groups is 3. The predicted octanol–water partition coefficient (Wildman–Crippen LogP) is -6.20. The minimum absolute atomic E-state index is 0. The maximum Gasteiger partial charge on any atom is 3.00 e. The fourth-order valence-electron chi connectivity index (χ4n) is 0.222. The molecule has 0 aromatic carbocycles. The molecule has 0 aromatic rings. The number of carbonyl (C=O) groups excluding carboxylic acids is 3. The number of aliphatic carboxylic acids is 3. The van der Waals surface area contributed by atoms with Gasteiger partial charge in [-0.2, -0.15) is 8.42 Å². The van der Waals surface area contributed by atoms with E-state index in [0.29, 0.717) is 0 Å². The Bertz CT molecular complexity index is 439. The Morgan fingerprint density at radius 3 is 1.13 bits per heavy atom. The molecule has 132 valence electrons. The van der Waals surface area contributed by atoms with Crippen LogP contribution < -0.4 is 15.3 Å². The SMILES string of the molecule is CC(O)C(=O)[O-].CC(O)C(=O)[O-].CC(OS(=O)(=O)O)C(=O)[O-].[Al+3]. The largest absolute Gasteiger partial charge is 3.00 e. The quantitative estimate of drug-likeness (QED) is 0.302. The Labute approximate surface area is 142 Å². The zero-order chi connectivity index (χ0) is 18.7. The van der Waals surface area contributed by atoms with Gasteiger partial charge in [0.15, 0.2) is 0 Å². The van der Waals surface area contributed by atoms with Gasteiger partial charge in [0.2, 0.25) is 0 Å². The normalized spacial score (nSPS) is 13.5. The molecule has 3 unspecified atom stereocenters. The Balaban J connectivity index is -0.000000122. The second-order valence-corrected chi connectivity index (χ2v) is 4.52. The van der Waals surface area contributed by atoms with Gasteiger partial charge >= 0.3 is 27.8 Å². The van der Waals surface area contributed by atoms with Crippen molar-refractivity contribution in [3.05, 3.63) is 0 Å². The molecule has 23 heavy (non-hydrogen) atoms. The molecule has 0 amide bonds. The van der Waals surface area contributed by atoms with Crippen LogP contribution in [0.1, 0.15) is 20.8 Å². The van der Waals surface area contributed by atoms with E-state index in [0.717, 1.165) is 20.8 Å². The first-order valence-corrected chi connectivity index (χ1v) is 6.62. The number of carboxylic acids is 3. The number of hydrogen-bond donors (Lipinski definition) is 3. The number of carboxylic acid groups (broad SMARTS) is 3. The first-order valence-electron chi connectivity index (χ1n) is 5.26. The Morgan fingerprint density at radius 1 is 0.870 bits per heavy atom. The Kier molecular flexibility index (Phi) is 18.5. The van der Waals surface area contributed by atoms with Crippen LogP contribution in [0.2, 0.25) is 0 Å². The number of rotatable bonds is 5. The van der Waals surface area contributed by atoms with Gasteiger partial charge in [-0.05, 0) is 20.8 Å². The van der Waals surface area contributed by atoms with Crippen LogP contribution in [-0.2, 0) is 29.0 Å². The number of aliphatic hydroxyl groups excluding tert-OH is 2. The molecule has 0 aromatic heterocycles. The van der Waals surface area contributed by atoms with Crippen molar-refractivity contribution in [1.82, 2.24) is 0 Å². The van der Waals surface area contributed by atoms with Crippen LogP contribution in [0.15, 0.2) is 0 Å². The third kappa shape index (κ3) is 29.4. The van der Waals surface area contributed by atoms with E-state index in [-0.39, 0.29) is 17.4 Å². The molecule has 0 aliphatic heterocycles. The topological polar surface area (TPSA) is 224 Å². The molecule has 0 bridgehead atoms. The summed E-state index contributed by atoms with van der Waals surface area (Å²) in [6.45, 7) is 3.19. The molecule has 0 heterocycles. The molecular formula is C9H15AlO12S. The van der Waals surface area contributed by atoms with E-state index in [1.54, 1.807) is 0 Å². The summed E-state index contributed by atoms with van der Waals surface area (Å²) in [5.41, 5.74) is 0. The molecule has 0 fully saturated rings. The summed E-state index contributed by atoms with van der Waals surface area (Å²) in [6.07, 6.45) is -4.36. The Morgan fingerprint density at radius 2 is 1.09 bits per heavy atom. The minimum Gasteiger partial charge on any atom is -0.547 e. The van der Waals surface area contributed by atoms with Crippen molar-refractivity contribution in [3.63, 3.8) is 0 Å². The molecule has 0 rings (SSSR count). The summed E-state index contributed by atoms with van der Waals surface area (Å²) in [5, 5.41) is 44.4. The second kappa shape index (κ2) is 14.3. The van der Waals surface area contributed by atoms with Crippen molar-refractivity contribution in [2.24, 2.45) is 0 Å². The van der Waals surface area contributed by atoms with Crippen molar-refractivity contribution >= 4 is 45.7 Å². The van der Waals surface area contributed by atoms with E-state index in [2.05, 4.69) is 4.18 Å². The van der Waals surface area contributed by atoms with Gasteiger partial charge in [0, 0.05) is 0 Å². The van der Waals surface area contributed by atoms with Gasteiger partial charge in [0.25, 0.3) is 0 Å². The maximum atomic E-state index is 9.79. The van der Waals surface area contributed by atoms with Crippen LogP contribution in [0.25, 0.3) is 0 Å². The van der Waals surface area contributed by atoms with Crippen molar-refractivity contribution in [1.29, 1.82) is 0 Å². The maximum absolute atomic E-state index is 9.79. The molecule has 0 aliphatic rings. The van der Waals surface area contributed by atoms with E-state index in [1.165, 1.54) is 0 Å². The molecule has 0 spiro atoms. The van der Waals surface area contributed by atoms with Crippen molar-refractivity contribution in [2.75, 3.05) is 0 Å². The van der Waals surface area contributed by atoms with Gasteiger partial charge < -0.3 is 39.9 Å². The van der Waals surface area contributed by atoms with Crippen molar-refractivity contribution in [3.8, 4) is 0 Å². The van der Waals surface area contributed by atoms with Gasteiger partial charge in [-0.3, -0.25) is 4.55 Å². The van der Waals surface area contributed by atoms with Crippen molar-refractivity contribution < 1.29 is 57.1 Å². The van der Waals surface area contributed by atoms with Crippen LogP contribution in [0.4, 0.5) is 0 Å². The molecule has 0 saturated heterocycles. The van der Waals surface area contributed by atoms with Gasteiger partial charge in [-0.15, -0.1) is 0 Å². The Hall–Kier alpha value is -1.27. The molecule has 0 saturated carbocycles. The molecule has 0 aliphatic carbocycles. The fraction of sp³-hybridized carbons (Fsp3) is 0.667. The number of hydrogen-bond acceptors (Lipinski definition) is 11. The first kappa shape index (κ1) is 29.7. The summed E-state index contributed by atoms with van der Waals surface area (Å²) >= 11 is 0. The standard InChI is InChI=1S/C3H6O6S.2C3H6O3.Al/c1-2(3(4)5)9-10(6,7)8;2*1-2(4)3(5)6;/h2H,1H3,(H,4,5)(H,6,7,8);2*2,4H,1H3,(H,5,6);/q;;;+3/p-3. The van der Waals surface area contributed by atoms with Gasteiger partial charge in [0.1, 0.15) is 6.10 Å². The van der Waals surface area contributed by atoms with Crippen LogP contribution >= 0.6 is 0 Å². The molecule has 3 atom stereocenters. The van der Waals surface area contributed by atoms with E-state index in [9.17, 15) is 38.1 Å². The molecule has 0 radical (unpaired) electrons. The average Bonchev–Trinajstić information content (AvgIpc) is 2.27. The van der Waals surface area contributed by atoms with E-state index in [1.807, 2.05) is 0 Å². The van der Waals surface area contributed by atoms with E-state index >= 15 is 0 Å². The first-order chi connectivity index (χ1) is 9.61. The minimum atomic E-state index is -4.69. The van der Waals surface area contributed by atoms with Gasteiger partial charge in [0.05, 0.1) is 30.1 Å². The summed E-state index contributed by atoms with van der Waals surface area (Å²) in [5.74, 6) is -4.58. The zero-order valence-electron chi connectivity index (χ0n) is 12.2. The summed E-state index contributed by atoms with van der Waals surface area (Å²) < 4.78 is 31.0. The average molecular weight is 374 g/mol. The third-order valence-corrected chi connectivity index (χ3v) is 1.81. The monoisotopic (exact) mass is 374 g/mol. The summed E-state index contributed by atoms with van der Waals surface area (Å²) in [6, 6.07) is 0. The zero-order valence-corrected chi connectivity index (χ0v) is 14.2. The predicted molar refractivity (Wildman–Crippen MR) is 66.2 cm³/mol. The van der Waals surface area contributed by atoms with Crippen LogP contribution in [0.3, 0.4) is 0 Å². The molecule has 3 N–H and O–H groups in total. The van der Waals surface area contributed by atoms with E-state index in [4.69, 9.17) is 14.8 Å². The van der Waals surface area contributed by atoms with Crippen LogP contribution in [-0.4, -0.2) is 76.8 Å². The summed E-state index contributed by atoms with van der Waals surface area (Å²) in [7, 11) is -4.69. The molecule has 14 heteroatoms. The van der Waals surface area contributed by atoms with Gasteiger partial charge in [-0.1, -0.05) is 0 Å². The molecular weight excluding hydrogens is 359 g/mol. The second-order valence-electron chi connectivity index (χ2n) is 3.48. The van der Waals surface area contributed by atoms with Gasteiger partial charge in [-0.25, -0.2) is 4.18 Å². The number of aliphatic hydroxyl groups is 2. The molecule has 12 nitrogen and oxygen atoms in total. The smallest absolute Gasteiger partial charge is 0.547 e. The van der Waals surface area contributed by atoms with Crippen LogP contribution in [0, 0.1) is 0 Å².